The van der Waals surface area contributed by atoms with Crippen LogP contribution in [0.1, 0.15) is 99.7 Å². The molecule has 1 aliphatic rings. The fourth-order valence-corrected chi connectivity index (χ4v) is 4.43. The van der Waals surface area contributed by atoms with E-state index in [9.17, 15) is 9.59 Å². The van der Waals surface area contributed by atoms with Gasteiger partial charge in [0.15, 0.2) is 0 Å². The quantitative estimate of drug-likeness (QED) is 0.169. The number of amides is 2. The smallest absolute Gasteiger partial charge is 0.261 e. The lowest BCUT2D eigenvalue weighted by molar-refractivity contribution is 0.0693. The SMILES string of the molecule is CC.CC.CC.CC.CN1C(=O)c2ccccc2C1=O.COc1ccc(C(C)(c2ccccc2)c2ccc(OC)cc2)cc1. The van der Waals surface area contributed by atoms with Crippen LogP contribution in [0.25, 0.3) is 0 Å². The number of carbonyl (C=O) groups excluding carboxylic acids is 2. The third kappa shape index (κ3) is 9.57. The summed E-state index contributed by atoms with van der Waals surface area (Å²) in [6.07, 6.45) is 0. The highest BCUT2D eigenvalue weighted by Gasteiger charge is 2.32. The summed E-state index contributed by atoms with van der Waals surface area (Å²) in [6.45, 7) is 18.3. The Labute approximate surface area is 266 Å². The summed E-state index contributed by atoms with van der Waals surface area (Å²) in [5, 5.41) is 0. The van der Waals surface area contributed by atoms with Crippen molar-refractivity contribution in [1.82, 2.24) is 4.90 Å². The fourth-order valence-electron chi connectivity index (χ4n) is 4.43. The molecule has 0 aliphatic carbocycles. The molecule has 238 valence electrons. The number of benzene rings is 4. The highest BCUT2D eigenvalue weighted by molar-refractivity contribution is 6.21. The van der Waals surface area contributed by atoms with Crippen LogP contribution in [-0.2, 0) is 5.41 Å². The molecule has 0 unspecified atom stereocenters. The molecule has 2 amide bonds. The van der Waals surface area contributed by atoms with E-state index in [1.165, 1.54) is 23.7 Å². The Hall–Kier alpha value is -4.38. The van der Waals surface area contributed by atoms with Gasteiger partial charge in [0.05, 0.1) is 25.3 Å². The molecule has 5 nitrogen and oxygen atoms in total. The maximum Gasteiger partial charge on any atom is 0.261 e. The molecule has 5 rings (SSSR count). The molecule has 0 bridgehead atoms. The van der Waals surface area contributed by atoms with Crippen LogP contribution in [0.5, 0.6) is 11.5 Å². The molecule has 0 atom stereocenters. The number of nitrogens with zero attached hydrogens (tertiary/aromatic N) is 1. The first-order chi connectivity index (χ1) is 21.4. The Balaban J connectivity index is 0.000000775. The van der Waals surface area contributed by atoms with Crippen LogP contribution >= 0.6 is 0 Å². The zero-order chi connectivity index (χ0) is 33.7. The van der Waals surface area contributed by atoms with Crippen LogP contribution in [0.3, 0.4) is 0 Å². The van der Waals surface area contributed by atoms with E-state index in [4.69, 9.17) is 9.47 Å². The van der Waals surface area contributed by atoms with Gasteiger partial charge in [-0.25, -0.2) is 0 Å². The number of hydrogen-bond acceptors (Lipinski definition) is 4. The van der Waals surface area contributed by atoms with Gasteiger partial charge in [-0.1, -0.05) is 122 Å². The summed E-state index contributed by atoms with van der Waals surface area (Å²) in [6, 6.07) is 34.0. The van der Waals surface area contributed by atoms with Gasteiger partial charge >= 0.3 is 0 Å². The maximum absolute atomic E-state index is 11.3. The second-order valence-electron chi connectivity index (χ2n) is 8.66. The summed E-state index contributed by atoms with van der Waals surface area (Å²) in [5.74, 6) is 1.30. The van der Waals surface area contributed by atoms with Crippen LogP contribution in [0.2, 0.25) is 0 Å². The van der Waals surface area contributed by atoms with E-state index in [1.54, 1.807) is 38.5 Å². The summed E-state index contributed by atoms with van der Waals surface area (Å²) in [7, 11) is 4.87. The molecule has 0 N–H and O–H groups in total. The van der Waals surface area contributed by atoms with Crippen molar-refractivity contribution in [2.45, 2.75) is 67.7 Å². The molecule has 0 saturated carbocycles. The van der Waals surface area contributed by atoms with Crippen LogP contribution in [0.4, 0.5) is 0 Å². The third-order valence-corrected chi connectivity index (χ3v) is 6.68. The van der Waals surface area contributed by atoms with Crippen molar-refractivity contribution >= 4 is 11.8 Å². The predicted molar refractivity (Wildman–Crippen MR) is 186 cm³/mol. The van der Waals surface area contributed by atoms with Crippen molar-refractivity contribution in [3.8, 4) is 11.5 Å². The number of methoxy groups -OCH3 is 2. The van der Waals surface area contributed by atoms with Gasteiger partial charge in [-0.15, -0.1) is 0 Å². The molecule has 0 fully saturated rings. The fraction of sp³-hybridized carbons (Fsp3) is 0.333. The maximum atomic E-state index is 11.3. The van der Waals surface area contributed by atoms with E-state index >= 15 is 0 Å². The molecule has 0 spiro atoms. The van der Waals surface area contributed by atoms with E-state index in [-0.39, 0.29) is 17.2 Å². The second kappa shape index (κ2) is 21.3. The molecule has 0 aromatic heterocycles. The van der Waals surface area contributed by atoms with Crippen LogP contribution in [-0.4, -0.2) is 38.0 Å². The highest BCUT2D eigenvalue weighted by Crippen LogP contribution is 2.39. The molecule has 5 heteroatoms. The van der Waals surface area contributed by atoms with E-state index < -0.39 is 0 Å². The minimum atomic E-state index is -0.250. The molecule has 1 aliphatic heterocycles. The number of hydrogen-bond donors (Lipinski definition) is 0. The van der Waals surface area contributed by atoms with Gasteiger partial charge < -0.3 is 9.47 Å². The first-order valence-electron chi connectivity index (χ1n) is 15.7. The molecular weight excluding hydrogens is 546 g/mol. The zero-order valence-electron chi connectivity index (χ0n) is 28.9. The minimum absolute atomic E-state index is 0.212. The lowest BCUT2D eigenvalue weighted by Crippen LogP contribution is -2.25. The molecule has 0 saturated heterocycles. The summed E-state index contributed by atoms with van der Waals surface area (Å²) < 4.78 is 10.6. The Bertz CT molecular complexity index is 1260. The first kappa shape index (κ1) is 39.6. The summed E-state index contributed by atoms with van der Waals surface area (Å²) >= 11 is 0. The normalized spacial score (nSPS) is 10.8. The Morgan fingerprint density at radius 2 is 0.773 bits per heavy atom. The lowest BCUT2D eigenvalue weighted by Gasteiger charge is -2.32. The van der Waals surface area contributed by atoms with Crippen LogP contribution in [0.15, 0.2) is 103 Å². The van der Waals surface area contributed by atoms with Gasteiger partial charge in [0, 0.05) is 12.5 Å². The highest BCUT2D eigenvalue weighted by atomic mass is 16.5. The molecular formula is C39H53NO4. The minimum Gasteiger partial charge on any atom is -0.497 e. The topological polar surface area (TPSA) is 55.8 Å². The van der Waals surface area contributed by atoms with Crippen molar-refractivity contribution < 1.29 is 19.1 Å². The summed E-state index contributed by atoms with van der Waals surface area (Å²) in [5.41, 5.74) is 4.45. The molecule has 44 heavy (non-hydrogen) atoms. The first-order valence-corrected chi connectivity index (χ1v) is 15.7. The predicted octanol–water partition coefficient (Wildman–Crippen LogP) is 10.1. The van der Waals surface area contributed by atoms with E-state index in [1.807, 2.05) is 85.7 Å². The van der Waals surface area contributed by atoms with Crippen molar-refractivity contribution in [2.24, 2.45) is 0 Å². The van der Waals surface area contributed by atoms with Crippen molar-refractivity contribution in [3.63, 3.8) is 0 Å². The van der Waals surface area contributed by atoms with Gasteiger partial charge in [-0.2, -0.15) is 0 Å². The number of imide groups is 1. The van der Waals surface area contributed by atoms with Gasteiger partial charge in [0.2, 0.25) is 0 Å². The Morgan fingerprint density at radius 1 is 0.477 bits per heavy atom. The monoisotopic (exact) mass is 599 g/mol. The lowest BCUT2D eigenvalue weighted by atomic mass is 9.71. The van der Waals surface area contributed by atoms with Gasteiger partial charge in [0.25, 0.3) is 11.8 Å². The Morgan fingerprint density at radius 3 is 1.09 bits per heavy atom. The standard InChI is InChI=1S/C22H22O2.C9H7NO2.4C2H6/c1-22(17-7-5-4-6-8-17,18-9-13-20(23-2)14-10-18)19-11-15-21(24-3)16-12-19;1-10-8(11)6-4-2-3-5-7(6)9(10)12;4*1-2/h4-16H,1-3H3;2-5H,1H3;4*1-2H3. The molecule has 1 heterocycles. The number of fused-ring (bicyclic) bond motifs is 1. The van der Waals surface area contributed by atoms with Crippen LogP contribution in [0, 0.1) is 0 Å². The van der Waals surface area contributed by atoms with Crippen molar-refractivity contribution in [2.75, 3.05) is 21.3 Å². The number of ether oxygens (including phenoxy) is 2. The summed E-state index contributed by atoms with van der Waals surface area (Å²) in [4.78, 5) is 23.8. The van der Waals surface area contributed by atoms with Gasteiger partial charge in [-0.05, 0) is 60.0 Å². The molecule has 4 aromatic rings. The van der Waals surface area contributed by atoms with E-state index in [2.05, 4.69) is 55.5 Å². The van der Waals surface area contributed by atoms with E-state index in [0.29, 0.717) is 11.1 Å². The van der Waals surface area contributed by atoms with Crippen molar-refractivity contribution in [1.29, 1.82) is 0 Å². The number of rotatable bonds is 5. The largest absolute Gasteiger partial charge is 0.497 e. The van der Waals surface area contributed by atoms with Crippen molar-refractivity contribution in [3.05, 3.63) is 131 Å². The molecule has 4 aromatic carbocycles. The average molecular weight is 600 g/mol. The van der Waals surface area contributed by atoms with Gasteiger partial charge in [0.1, 0.15) is 11.5 Å². The Kier molecular flexibility index (Phi) is 19.2. The molecule has 0 radical (unpaired) electrons. The van der Waals surface area contributed by atoms with Crippen LogP contribution < -0.4 is 9.47 Å². The number of carbonyl (C=O) groups is 2. The second-order valence-corrected chi connectivity index (χ2v) is 8.66. The van der Waals surface area contributed by atoms with E-state index in [0.717, 1.165) is 16.4 Å². The third-order valence-electron chi connectivity index (χ3n) is 6.68. The average Bonchev–Trinajstić information content (AvgIpc) is 3.35. The zero-order valence-corrected chi connectivity index (χ0v) is 28.9. The van der Waals surface area contributed by atoms with Gasteiger partial charge in [-0.3, -0.25) is 14.5 Å².